The van der Waals surface area contributed by atoms with Gasteiger partial charge < -0.3 is 0 Å². The summed E-state index contributed by atoms with van der Waals surface area (Å²) >= 11 is 3.12. The van der Waals surface area contributed by atoms with Gasteiger partial charge in [0.1, 0.15) is 0 Å². The summed E-state index contributed by atoms with van der Waals surface area (Å²) in [6.45, 7) is 2.22. The molecule has 1 heteroatoms. The van der Waals surface area contributed by atoms with Crippen molar-refractivity contribution >= 4 is 15.9 Å². The highest BCUT2D eigenvalue weighted by Gasteiger charge is 1.93. The van der Waals surface area contributed by atoms with Crippen molar-refractivity contribution < 1.29 is 0 Å². The molecular weight excluding hydrogens is 272 g/mol. The average Bonchev–Trinajstić information content (AvgIpc) is 2.36. The van der Waals surface area contributed by atoms with Crippen molar-refractivity contribution in [3.8, 4) is 22.6 Å². The maximum Gasteiger partial charge on any atom is 0.0410 e. The van der Waals surface area contributed by atoms with E-state index >= 15 is 0 Å². The fourth-order valence-electron chi connectivity index (χ4n) is 1.55. The molecule has 0 aliphatic carbocycles. The third-order valence-corrected chi connectivity index (χ3v) is 2.69. The van der Waals surface area contributed by atoms with Crippen LogP contribution in [0.25, 0.3) is 0 Å². The molecule has 17 heavy (non-hydrogen) atoms. The molecule has 1 aromatic rings. The van der Waals surface area contributed by atoms with Gasteiger partial charge in [0.2, 0.25) is 0 Å². The molecule has 0 spiro atoms. The standard InChI is InChI=1S/C16H17Br/c1-2-3-4-5-6-7-10-15-11-8-9-12-16(15)13-14-17/h8-9,11-12H,2-6H2,1H3. The Hall–Kier alpha value is -1.18. The van der Waals surface area contributed by atoms with Crippen molar-refractivity contribution in [3.63, 3.8) is 0 Å². The average molecular weight is 289 g/mol. The van der Waals surface area contributed by atoms with Crippen molar-refractivity contribution in [1.29, 1.82) is 0 Å². The third-order valence-electron chi connectivity index (χ3n) is 2.49. The molecule has 0 unspecified atom stereocenters. The summed E-state index contributed by atoms with van der Waals surface area (Å²) in [7, 11) is 0. The van der Waals surface area contributed by atoms with E-state index < -0.39 is 0 Å². The van der Waals surface area contributed by atoms with Gasteiger partial charge in [-0.25, -0.2) is 0 Å². The minimum Gasteiger partial charge on any atom is -0.0978 e. The van der Waals surface area contributed by atoms with Gasteiger partial charge in [-0.3, -0.25) is 0 Å². The van der Waals surface area contributed by atoms with Gasteiger partial charge in [0.25, 0.3) is 0 Å². The second kappa shape index (κ2) is 8.91. The normalized spacial score (nSPS) is 8.82. The highest BCUT2D eigenvalue weighted by Crippen LogP contribution is 2.06. The Morgan fingerprint density at radius 2 is 1.71 bits per heavy atom. The lowest BCUT2D eigenvalue weighted by Gasteiger charge is -1.95. The molecule has 1 rings (SSSR count). The van der Waals surface area contributed by atoms with E-state index in [9.17, 15) is 0 Å². The summed E-state index contributed by atoms with van der Waals surface area (Å²) in [5, 5.41) is 0. The molecule has 0 aromatic heterocycles. The Labute approximate surface area is 113 Å². The van der Waals surface area contributed by atoms with E-state index in [0.717, 1.165) is 17.5 Å². The highest BCUT2D eigenvalue weighted by atomic mass is 79.9. The largest absolute Gasteiger partial charge is 0.0978 e. The van der Waals surface area contributed by atoms with Gasteiger partial charge in [0, 0.05) is 33.5 Å². The van der Waals surface area contributed by atoms with Crippen LogP contribution >= 0.6 is 15.9 Å². The van der Waals surface area contributed by atoms with Gasteiger partial charge in [-0.2, -0.15) is 0 Å². The molecule has 0 aliphatic heterocycles. The molecule has 0 saturated carbocycles. The van der Waals surface area contributed by atoms with Crippen LogP contribution in [0.4, 0.5) is 0 Å². The van der Waals surface area contributed by atoms with Crippen LogP contribution in [-0.4, -0.2) is 0 Å². The molecule has 88 valence electrons. The number of unbranched alkanes of at least 4 members (excludes halogenated alkanes) is 4. The van der Waals surface area contributed by atoms with E-state index in [1.165, 1.54) is 25.7 Å². The predicted octanol–water partition coefficient (Wildman–Crippen LogP) is 4.71. The van der Waals surface area contributed by atoms with Gasteiger partial charge in [0.05, 0.1) is 0 Å². The van der Waals surface area contributed by atoms with Gasteiger partial charge in [-0.05, 0) is 23.4 Å². The lowest BCUT2D eigenvalue weighted by molar-refractivity contribution is 0.679. The molecule has 0 nitrogen and oxygen atoms in total. The lowest BCUT2D eigenvalue weighted by atomic mass is 10.1. The molecule has 0 N–H and O–H groups in total. The summed E-state index contributed by atoms with van der Waals surface area (Å²) in [5.41, 5.74) is 2.01. The molecule has 0 atom stereocenters. The molecule has 0 aliphatic rings. The van der Waals surface area contributed by atoms with Crippen LogP contribution in [0, 0.1) is 22.6 Å². The van der Waals surface area contributed by atoms with Crippen LogP contribution in [0.3, 0.4) is 0 Å². The Morgan fingerprint density at radius 3 is 2.35 bits per heavy atom. The minimum atomic E-state index is 0.982. The van der Waals surface area contributed by atoms with Crippen LogP contribution in [0.5, 0.6) is 0 Å². The Bertz CT molecular complexity index is 452. The maximum atomic E-state index is 3.23. The fourth-order valence-corrected chi connectivity index (χ4v) is 1.76. The lowest BCUT2D eigenvalue weighted by Crippen LogP contribution is -1.82. The van der Waals surface area contributed by atoms with E-state index in [1.54, 1.807) is 0 Å². The van der Waals surface area contributed by atoms with Crippen molar-refractivity contribution in [1.82, 2.24) is 0 Å². The summed E-state index contributed by atoms with van der Waals surface area (Å²) in [6, 6.07) is 8.00. The van der Waals surface area contributed by atoms with Crippen molar-refractivity contribution in [3.05, 3.63) is 35.4 Å². The van der Waals surface area contributed by atoms with Crippen molar-refractivity contribution in [2.24, 2.45) is 0 Å². The topological polar surface area (TPSA) is 0 Å². The second-order valence-corrected chi connectivity index (χ2v) is 4.27. The van der Waals surface area contributed by atoms with Crippen LogP contribution in [-0.2, 0) is 0 Å². The summed E-state index contributed by atoms with van der Waals surface area (Å²) in [6.07, 6.45) is 6.06. The van der Waals surface area contributed by atoms with Crippen LogP contribution < -0.4 is 0 Å². The third kappa shape index (κ3) is 5.62. The zero-order valence-electron chi connectivity index (χ0n) is 10.2. The molecule has 0 amide bonds. The molecule has 0 heterocycles. The number of halogens is 1. The van der Waals surface area contributed by atoms with E-state index in [-0.39, 0.29) is 0 Å². The van der Waals surface area contributed by atoms with Crippen LogP contribution in [0.15, 0.2) is 24.3 Å². The molecular formula is C16H17Br. The first kappa shape index (κ1) is 13.9. The van der Waals surface area contributed by atoms with Gasteiger partial charge in [-0.1, -0.05) is 56.1 Å². The summed E-state index contributed by atoms with van der Waals surface area (Å²) in [5.74, 6) is 9.43. The number of hydrogen-bond acceptors (Lipinski definition) is 0. The zero-order valence-corrected chi connectivity index (χ0v) is 11.8. The fraction of sp³-hybridized carbons (Fsp3) is 0.375. The van der Waals surface area contributed by atoms with E-state index in [1.807, 2.05) is 24.3 Å². The SMILES string of the molecule is CCCCCCC#Cc1ccccc1C#CBr. The van der Waals surface area contributed by atoms with Crippen molar-refractivity contribution in [2.75, 3.05) is 0 Å². The Morgan fingerprint density at radius 1 is 1.00 bits per heavy atom. The molecule has 0 bridgehead atoms. The van der Waals surface area contributed by atoms with Gasteiger partial charge in [-0.15, -0.1) is 0 Å². The number of rotatable bonds is 4. The number of hydrogen-bond donors (Lipinski definition) is 0. The van der Waals surface area contributed by atoms with E-state index in [2.05, 4.69) is 45.4 Å². The highest BCUT2D eigenvalue weighted by molar-refractivity contribution is 9.12. The van der Waals surface area contributed by atoms with Gasteiger partial charge in [0.15, 0.2) is 0 Å². The monoisotopic (exact) mass is 288 g/mol. The maximum absolute atomic E-state index is 3.23. The first-order chi connectivity index (χ1) is 8.38. The zero-order chi connectivity index (χ0) is 12.3. The van der Waals surface area contributed by atoms with Crippen LogP contribution in [0.1, 0.15) is 50.2 Å². The summed E-state index contributed by atoms with van der Waals surface area (Å²) in [4.78, 5) is 2.74. The summed E-state index contributed by atoms with van der Waals surface area (Å²) < 4.78 is 0. The first-order valence-corrected chi connectivity index (χ1v) is 6.87. The van der Waals surface area contributed by atoms with Crippen LogP contribution in [0.2, 0.25) is 0 Å². The second-order valence-electron chi connectivity index (χ2n) is 3.88. The van der Waals surface area contributed by atoms with Gasteiger partial charge >= 0.3 is 0 Å². The predicted molar refractivity (Wildman–Crippen MR) is 77.9 cm³/mol. The van der Waals surface area contributed by atoms with E-state index in [0.29, 0.717) is 0 Å². The van der Waals surface area contributed by atoms with Crippen molar-refractivity contribution in [2.45, 2.75) is 39.0 Å². The number of benzene rings is 1. The molecule has 1 aromatic carbocycles. The van der Waals surface area contributed by atoms with E-state index in [4.69, 9.17) is 0 Å². The quantitative estimate of drug-likeness (QED) is 0.556. The molecule has 0 radical (unpaired) electrons. The first-order valence-electron chi connectivity index (χ1n) is 6.08. The minimum absolute atomic E-state index is 0.982. The molecule has 0 fully saturated rings. The Kier molecular flexibility index (Phi) is 7.28. The Balaban J connectivity index is 2.55. The smallest absolute Gasteiger partial charge is 0.0410 e. The molecule has 0 saturated heterocycles.